The van der Waals surface area contributed by atoms with Crippen LogP contribution in [0.25, 0.3) is 0 Å². The van der Waals surface area contributed by atoms with Crippen LogP contribution < -0.4 is 5.32 Å². The van der Waals surface area contributed by atoms with E-state index < -0.39 is 15.9 Å². The topological polar surface area (TPSA) is 84.3 Å². The van der Waals surface area contributed by atoms with Gasteiger partial charge in [-0.05, 0) is 11.5 Å². The van der Waals surface area contributed by atoms with Gasteiger partial charge in [-0.1, -0.05) is 37.3 Å². The van der Waals surface area contributed by atoms with Crippen LogP contribution in [0.2, 0.25) is 0 Å². The van der Waals surface area contributed by atoms with Crippen molar-refractivity contribution in [2.24, 2.45) is 7.05 Å². The number of hydrogen-bond acceptors (Lipinski definition) is 5. The molecule has 7 nitrogen and oxygen atoms in total. The van der Waals surface area contributed by atoms with E-state index in [4.69, 9.17) is 0 Å². The summed E-state index contributed by atoms with van der Waals surface area (Å²) in [6.07, 6.45) is 1.47. The Kier molecular flexibility index (Phi) is 6.23. The Bertz CT molecular complexity index is 891. The number of aromatic nitrogens is 2. The van der Waals surface area contributed by atoms with Crippen molar-refractivity contribution in [3.63, 3.8) is 0 Å². The van der Waals surface area contributed by atoms with E-state index in [1.165, 1.54) is 15.2 Å². The number of amides is 1. The Balaban J connectivity index is 1.76. The Morgan fingerprint density at radius 2 is 1.93 bits per heavy atom. The minimum atomic E-state index is -3.78. The number of sulfonamides is 1. The van der Waals surface area contributed by atoms with Crippen LogP contribution in [-0.2, 0) is 17.1 Å². The predicted molar refractivity (Wildman–Crippen MR) is 106 cm³/mol. The van der Waals surface area contributed by atoms with Crippen molar-refractivity contribution in [1.29, 1.82) is 0 Å². The second kappa shape index (κ2) is 8.45. The Morgan fingerprint density at radius 3 is 2.59 bits per heavy atom. The van der Waals surface area contributed by atoms with Crippen LogP contribution in [0.3, 0.4) is 0 Å². The van der Waals surface area contributed by atoms with Crippen molar-refractivity contribution in [2.45, 2.75) is 17.9 Å². The van der Waals surface area contributed by atoms with Gasteiger partial charge < -0.3 is 5.32 Å². The van der Waals surface area contributed by atoms with Crippen LogP contribution in [0.15, 0.2) is 41.6 Å². The van der Waals surface area contributed by atoms with Crippen molar-refractivity contribution in [3.05, 3.63) is 47.7 Å². The summed E-state index contributed by atoms with van der Waals surface area (Å²) in [5, 5.41) is 6.76. The molecule has 27 heavy (non-hydrogen) atoms. The predicted octanol–water partition coefficient (Wildman–Crippen LogP) is 1.69. The fourth-order valence-corrected chi connectivity index (χ4v) is 5.66. The van der Waals surface area contributed by atoms with Crippen molar-refractivity contribution in [1.82, 2.24) is 19.4 Å². The van der Waals surface area contributed by atoms with Gasteiger partial charge in [0, 0.05) is 44.4 Å². The summed E-state index contributed by atoms with van der Waals surface area (Å²) in [6, 6.07) is 9.86. The van der Waals surface area contributed by atoms with Gasteiger partial charge >= 0.3 is 0 Å². The summed E-state index contributed by atoms with van der Waals surface area (Å²) in [5.74, 6) is 1.20. The molecule has 1 amide bonds. The van der Waals surface area contributed by atoms with Gasteiger partial charge in [0.1, 0.15) is 0 Å². The number of thioether (sulfide) groups is 1. The molecule has 1 aromatic carbocycles. The molecular weight excluding hydrogens is 384 g/mol. The Morgan fingerprint density at radius 1 is 1.26 bits per heavy atom. The summed E-state index contributed by atoms with van der Waals surface area (Å²) < 4.78 is 28.7. The lowest BCUT2D eigenvalue weighted by molar-refractivity contribution is 0.0948. The van der Waals surface area contributed by atoms with Gasteiger partial charge in [0.15, 0.2) is 0 Å². The molecule has 0 aliphatic carbocycles. The zero-order valence-electron chi connectivity index (χ0n) is 15.5. The number of hydrogen-bond donors (Lipinski definition) is 1. The van der Waals surface area contributed by atoms with E-state index in [1.807, 2.05) is 37.3 Å². The number of carbonyl (C=O) groups excluding carboxylic acids is 1. The number of carbonyl (C=O) groups is 1. The highest BCUT2D eigenvalue weighted by Gasteiger charge is 2.33. The largest absolute Gasteiger partial charge is 0.351 e. The van der Waals surface area contributed by atoms with Crippen LogP contribution >= 0.6 is 11.8 Å². The molecule has 1 atom stereocenters. The molecule has 1 fully saturated rings. The molecule has 2 aromatic rings. The lowest BCUT2D eigenvalue weighted by Gasteiger charge is -2.24. The summed E-state index contributed by atoms with van der Waals surface area (Å²) in [5.41, 5.74) is 1.21. The average Bonchev–Trinajstić information content (AvgIpc) is 3.10. The highest BCUT2D eigenvalue weighted by atomic mass is 32.2. The van der Waals surface area contributed by atoms with Crippen LogP contribution in [0.4, 0.5) is 0 Å². The van der Waals surface area contributed by atoms with Crippen molar-refractivity contribution >= 4 is 27.7 Å². The maximum atomic E-state index is 12.9. The maximum absolute atomic E-state index is 12.9. The molecule has 1 saturated heterocycles. The van der Waals surface area contributed by atoms with Crippen LogP contribution in [0.5, 0.6) is 0 Å². The average molecular weight is 409 g/mol. The second-order valence-corrected chi connectivity index (χ2v) is 9.64. The Hall–Kier alpha value is -1.84. The van der Waals surface area contributed by atoms with Gasteiger partial charge in [-0.25, -0.2) is 8.42 Å². The quantitative estimate of drug-likeness (QED) is 0.786. The van der Waals surface area contributed by atoms with E-state index in [9.17, 15) is 13.2 Å². The van der Waals surface area contributed by atoms with E-state index in [0.717, 1.165) is 17.1 Å². The third-order valence-corrected chi connectivity index (χ3v) is 7.31. The normalized spacial score (nSPS) is 16.8. The first kappa shape index (κ1) is 19.9. The zero-order valence-corrected chi connectivity index (χ0v) is 17.1. The smallest absolute Gasteiger partial charge is 0.263 e. The van der Waals surface area contributed by atoms with Gasteiger partial charge in [-0.2, -0.15) is 21.2 Å². The number of rotatable bonds is 6. The highest BCUT2D eigenvalue weighted by Crippen LogP contribution is 2.22. The first-order chi connectivity index (χ1) is 12.9. The maximum Gasteiger partial charge on any atom is 0.263 e. The SMILES string of the molecule is CC(CNC(=O)c1cn(C)nc1S(=O)(=O)N1CCSCC1)c1ccccc1. The van der Waals surface area contributed by atoms with Gasteiger partial charge in [0.05, 0.1) is 5.56 Å². The molecule has 0 radical (unpaired) electrons. The highest BCUT2D eigenvalue weighted by molar-refractivity contribution is 7.99. The molecular formula is C18H24N4O3S2. The van der Waals surface area contributed by atoms with E-state index in [-0.39, 0.29) is 16.5 Å². The standard InChI is InChI=1S/C18H24N4O3S2/c1-14(15-6-4-3-5-7-15)12-19-17(23)16-13-21(2)20-18(16)27(24,25)22-8-10-26-11-9-22/h3-7,13-14H,8-12H2,1-2H3,(H,19,23). The molecule has 1 aromatic heterocycles. The first-order valence-corrected chi connectivity index (χ1v) is 11.4. The molecule has 3 rings (SSSR count). The molecule has 1 unspecified atom stereocenters. The number of aryl methyl sites for hydroxylation is 1. The van der Waals surface area contributed by atoms with Crippen LogP contribution in [0.1, 0.15) is 28.8 Å². The van der Waals surface area contributed by atoms with E-state index in [2.05, 4.69) is 10.4 Å². The number of nitrogens with zero attached hydrogens (tertiary/aromatic N) is 3. The molecule has 1 N–H and O–H groups in total. The molecule has 1 aliphatic heterocycles. The van der Waals surface area contributed by atoms with Gasteiger partial charge in [-0.3, -0.25) is 9.48 Å². The monoisotopic (exact) mass is 408 g/mol. The van der Waals surface area contributed by atoms with E-state index >= 15 is 0 Å². The molecule has 146 valence electrons. The van der Waals surface area contributed by atoms with E-state index in [1.54, 1.807) is 18.8 Å². The molecule has 0 bridgehead atoms. The van der Waals surface area contributed by atoms with Gasteiger partial charge in [0.2, 0.25) is 5.03 Å². The molecule has 0 saturated carbocycles. The van der Waals surface area contributed by atoms with Gasteiger partial charge in [0.25, 0.3) is 15.9 Å². The summed E-state index contributed by atoms with van der Waals surface area (Å²) in [6.45, 7) is 3.31. The number of nitrogens with one attached hydrogen (secondary N) is 1. The minimum Gasteiger partial charge on any atom is -0.351 e. The lowest BCUT2D eigenvalue weighted by atomic mass is 10.0. The third kappa shape index (κ3) is 4.53. The first-order valence-electron chi connectivity index (χ1n) is 8.84. The summed E-state index contributed by atoms with van der Waals surface area (Å²) in [4.78, 5) is 12.7. The fourth-order valence-electron chi connectivity index (χ4n) is 2.96. The molecule has 9 heteroatoms. The van der Waals surface area contributed by atoms with Gasteiger partial charge in [-0.15, -0.1) is 0 Å². The fraction of sp³-hybridized carbons (Fsp3) is 0.444. The minimum absolute atomic E-state index is 0.0935. The van der Waals surface area contributed by atoms with Crippen molar-refractivity contribution < 1.29 is 13.2 Å². The Labute approximate surface area is 164 Å². The zero-order chi connectivity index (χ0) is 19.4. The van der Waals surface area contributed by atoms with E-state index in [0.29, 0.717) is 19.6 Å². The van der Waals surface area contributed by atoms with Crippen LogP contribution in [-0.4, -0.2) is 59.6 Å². The lowest BCUT2D eigenvalue weighted by Crippen LogP contribution is -2.39. The molecule has 0 spiro atoms. The molecule has 1 aliphatic rings. The second-order valence-electron chi connectivity index (χ2n) is 6.56. The summed E-state index contributed by atoms with van der Waals surface area (Å²) in [7, 11) is -2.16. The third-order valence-electron chi connectivity index (χ3n) is 4.53. The van der Waals surface area contributed by atoms with Crippen molar-refractivity contribution in [2.75, 3.05) is 31.1 Å². The summed E-state index contributed by atoms with van der Waals surface area (Å²) >= 11 is 1.72. The van der Waals surface area contributed by atoms with Crippen molar-refractivity contribution in [3.8, 4) is 0 Å². The molecule has 2 heterocycles. The van der Waals surface area contributed by atoms with Crippen LogP contribution in [0, 0.1) is 0 Å². The number of benzene rings is 1.